The van der Waals surface area contributed by atoms with Gasteiger partial charge in [0, 0.05) is 12.1 Å². The molecule has 23 heavy (non-hydrogen) atoms. The number of hydrogen-bond donors (Lipinski definition) is 2. The summed E-state index contributed by atoms with van der Waals surface area (Å²) < 4.78 is 15.8. The van der Waals surface area contributed by atoms with Crippen molar-refractivity contribution in [3.8, 4) is 0 Å². The molecule has 0 spiro atoms. The number of primary amides is 1. The number of fused-ring (bicyclic) bond motifs is 1. The number of halogens is 1. The molecule has 0 bridgehead atoms. The fraction of sp³-hybridized carbons (Fsp3) is 0.438. The zero-order valence-corrected chi connectivity index (χ0v) is 12.5. The minimum absolute atomic E-state index is 0.117. The van der Waals surface area contributed by atoms with E-state index in [9.17, 15) is 14.0 Å². The van der Waals surface area contributed by atoms with Gasteiger partial charge < -0.3 is 15.4 Å². The number of carboxylic acid groups (broad SMARTS) is 1. The Kier molecular flexibility index (Phi) is 4.02. The van der Waals surface area contributed by atoms with E-state index in [1.54, 1.807) is 12.4 Å². The van der Waals surface area contributed by atoms with Crippen molar-refractivity contribution in [1.82, 2.24) is 9.55 Å². The van der Waals surface area contributed by atoms with E-state index in [-0.39, 0.29) is 17.0 Å². The fourth-order valence-electron chi connectivity index (χ4n) is 3.28. The number of aliphatic carboxylic acids is 1. The Labute approximate surface area is 132 Å². The molecule has 3 rings (SSSR count). The molecule has 3 N–H and O–H groups in total. The number of carboxylic acids is 1. The molecular formula is C16H18FN3O3. The lowest BCUT2D eigenvalue weighted by Gasteiger charge is -2.26. The van der Waals surface area contributed by atoms with Crippen LogP contribution >= 0.6 is 0 Å². The van der Waals surface area contributed by atoms with E-state index in [2.05, 4.69) is 4.98 Å². The molecule has 1 amide bonds. The van der Waals surface area contributed by atoms with Crippen LogP contribution in [0.1, 0.15) is 36.0 Å². The summed E-state index contributed by atoms with van der Waals surface area (Å²) in [6.45, 7) is 0.629. The van der Waals surface area contributed by atoms with Crippen molar-refractivity contribution in [2.24, 2.45) is 17.6 Å². The fourth-order valence-corrected chi connectivity index (χ4v) is 3.28. The van der Waals surface area contributed by atoms with Crippen LogP contribution in [0, 0.1) is 17.7 Å². The van der Waals surface area contributed by atoms with Gasteiger partial charge in [-0.15, -0.1) is 0 Å². The molecule has 1 saturated carbocycles. The van der Waals surface area contributed by atoms with Crippen LogP contribution in [-0.4, -0.2) is 26.5 Å². The number of aromatic nitrogens is 2. The maximum absolute atomic E-state index is 14.0. The molecule has 0 radical (unpaired) electrons. The summed E-state index contributed by atoms with van der Waals surface area (Å²) in [6, 6.07) is 2.65. The van der Waals surface area contributed by atoms with Gasteiger partial charge in [-0.1, -0.05) is 0 Å². The lowest BCUT2D eigenvalue weighted by Crippen LogP contribution is -2.23. The Morgan fingerprint density at radius 3 is 2.61 bits per heavy atom. The zero-order valence-electron chi connectivity index (χ0n) is 12.5. The van der Waals surface area contributed by atoms with Crippen LogP contribution in [0.5, 0.6) is 0 Å². The largest absolute Gasteiger partial charge is 0.481 e. The van der Waals surface area contributed by atoms with Crippen molar-refractivity contribution in [3.05, 3.63) is 29.8 Å². The Morgan fingerprint density at radius 2 is 2.00 bits per heavy atom. The standard InChI is InChI=1S/C16H18FN3O3/c17-12-5-11(15(18)21)6-13-14(12)19-8-20(13)7-9-1-3-10(4-2-9)16(22)23/h5-6,8-10H,1-4,7H2,(H2,18,21)(H,22,23)/t9-,10-. The van der Waals surface area contributed by atoms with Gasteiger partial charge in [0.15, 0.2) is 5.82 Å². The highest BCUT2D eigenvalue weighted by Gasteiger charge is 2.26. The minimum atomic E-state index is -0.732. The summed E-state index contributed by atoms with van der Waals surface area (Å²) in [5, 5.41) is 9.03. The average molecular weight is 319 g/mol. The van der Waals surface area contributed by atoms with Crippen LogP contribution in [0.4, 0.5) is 4.39 Å². The molecule has 0 atom stereocenters. The number of rotatable bonds is 4. The molecule has 1 heterocycles. The van der Waals surface area contributed by atoms with Crippen molar-refractivity contribution in [2.45, 2.75) is 32.2 Å². The Balaban J connectivity index is 1.81. The number of hydrogen-bond acceptors (Lipinski definition) is 3. The first-order valence-electron chi connectivity index (χ1n) is 7.62. The molecule has 1 aromatic heterocycles. The van der Waals surface area contributed by atoms with Crippen LogP contribution in [-0.2, 0) is 11.3 Å². The number of carbonyl (C=O) groups excluding carboxylic acids is 1. The number of amides is 1. The molecule has 1 aliphatic rings. The molecule has 6 nitrogen and oxygen atoms in total. The predicted octanol–water partition coefficient (Wildman–Crippen LogP) is 2.17. The second-order valence-electron chi connectivity index (χ2n) is 6.14. The normalized spacial score (nSPS) is 21.4. The molecule has 7 heteroatoms. The van der Waals surface area contributed by atoms with Crippen LogP contribution in [0.25, 0.3) is 11.0 Å². The van der Waals surface area contributed by atoms with E-state index in [0.717, 1.165) is 18.9 Å². The van der Waals surface area contributed by atoms with Crippen LogP contribution in [0.3, 0.4) is 0 Å². The number of nitrogens with zero attached hydrogens (tertiary/aromatic N) is 2. The van der Waals surface area contributed by atoms with Crippen molar-refractivity contribution in [2.75, 3.05) is 0 Å². The smallest absolute Gasteiger partial charge is 0.306 e. The van der Waals surface area contributed by atoms with Crippen molar-refractivity contribution < 1.29 is 19.1 Å². The average Bonchev–Trinajstić information content (AvgIpc) is 2.91. The summed E-state index contributed by atoms with van der Waals surface area (Å²) in [5.41, 5.74) is 6.10. The van der Waals surface area contributed by atoms with Crippen LogP contribution in [0.2, 0.25) is 0 Å². The number of nitrogens with two attached hydrogens (primary N) is 1. The highest BCUT2D eigenvalue weighted by atomic mass is 19.1. The number of carbonyl (C=O) groups is 2. The second-order valence-corrected chi connectivity index (χ2v) is 6.14. The van der Waals surface area contributed by atoms with E-state index in [1.807, 2.05) is 4.57 Å². The Hall–Kier alpha value is -2.44. The third kappa shape index (κ3) is 3.04. The Morgan fingerprint density at radius 1 is 1.30 bits per heavy atom. The predicted molar refractivity (Wildman–Crippen MR) is 81.3 cm³/mol. The summed E-state index contributed by atoms with van der Waals surface area (Å²) >= 11 is 0. The Bertz CT molecular complexity index is 763. The van der Waals surface area contributed by atoms with Crippen molar-refractivity contribution in [3.63, 3.8) is 0 Å². The third-order valence-electron chi connectivity index (χ3n) is 4.61. The molecule has 1 aliphatic carbocycles. The summed E-state index contributed by atoms with van der Waals surface area (Å²) in [5.74, 6) is -1.91. The van der Waals surface area contributed by atoms with E-state index in [4.69, 9.17) is 10.8 Å². The quantitative estimate of drug-likeness (QED) is 0.902. The van der Waals surface area contributed by atoms with Gasteiger partial charge in [0.25, 0.3) is 0 Å². The van der Waals surface area contributed by atoms with Crippen molar-refractivity contribution >= 4 is 22.9 Å². The SMILES string of the molecule is NC(=O)c1cc(F)c2ncn(C[C@H]3CC[C@H](C(=O)O)CC3)c2c1. The van der Waals surface area contributed by atoms with E-state index < -0.39 is 17.7 Å². The number of imidazole rings is 1. The number of benzene rings is 1. The molecule has 1 fully saturated rings. The van der Waals surface area contributed by atoms with Gasteiger partial charge in [0.1, 0.15) is 5.52 Å². The maximum Gasteiger partial charge on any atom is 0.306 e. The molecule has 1 aromatic carbocycles. The summed E-state index contributed by atoms with van der Waals surface area (Å²) in [7, 11) is 0. The van der Waals surface area contributed by atoms with Crippen LogP contribution in [0.15, 0.2) is 18.5 Å². The lowest BCUT2D eigenvalue weighted by atomic mass is 9.82. The second kappa shape index (κ2) is 5.98. The molecule has 0 saturated heterocycles. The first-order valence-corrected chi connectivity index (χ1v) is 7.62. The molecule has 122 valence electrons. The first-order chi connectivity index (χ1) is 11.0. The third-order valence-corrected chi connectivity index (χ3v) is 4.61. The molecule has 0 aliphatic heterocycles. The van der Waals surface area contributed by atoms with E-state index in [0.29, 0.717) is 30.8 Å². The van der Waals surface area contributed by atoms with Gasteiger partial charge in [-0.25, -0.2) is 9.37 Å². The highest BCUT2D eigenvalue weighted by molar-refractivity contribution is 5.96. The molecule has 0 unspecified atom stereocenters. The first kappa shape index (κ1) is 15.5. The van der Waals surface area contributed by atoms with E-state index in [1.165, 1.54) is 0 Å². The van der Waals surface area contributed by atoms with Gasteiger partial charge in [-0.2, -0.15) is 0 Å². The van der Waals surface area contributed by atoms with Gasteiger partial charge >= 0.3 is 5.97 Å². The minimum Gasteiger partial charge on any atom is -0.481 e. The maximum atomic E-state index is 14.0. The lowest BCUT2D eigenvalue weighted by molar-refractivity contribution is -0.143. The topological polar surface area (TPSA) is 98.2 Å². The van der Waals surface area contributed by atoms with Gasteiger partial charge in [-0.05, 0) is 43.7 Å². The monoisotopic (exact) mass is 319 g/mol. The highest BCUT2D eigenvalue weighted by Crippen LogP contribution is 2.31. The van der Waals surface area contributed by atoms with Gasteiger partial charge in [-0.3, -0.25) is 9.59 Å². The van der Waals surface area contributed by atoms with Crippen molar-refractivity contribution in [1.29, 1.82) is 0 Å². The van der Waals surface area contributed by atoms with Gasteiger partial charge in [0.2, 0.25) is 5.91 Å². The molecule has 2 aromatic rings. The van der Waals surface area contributed by atoms with Crippen LogP contribution < -0.4 is 5.73 Å². The van der Waals surface area contributed by atoms with Gasteiger partial charge in [0.05, 0.1) is 17.8 Å². The van der Waals surface area contributed by atoms with E-state index >= 15 is 0 Å². The summed E-state index contributed by atoms with van der Waals surface area (Å²) in [6.07, 6.45) is 4.51. The zero-order chi connectivity index (χ0) is 16.6. The summed E-state index contributed by atoms with van der Waals surface area (Å²) in [4.78, 5) is 26.4. The molecular weight excluding hydrogens is 301 g/mol.